The van der Waals surface area contributed by atoms with Crippen LogP contribution in [0.15, 0.2) is 90.0 Å². The molecular weight excluding hydrogens is 525 g/mol. The van der Waals surface area contributed by atoms with Crippen molar-refractivity contribution in [3.8, 4) is 22.7 Å². The van der Waals surface area contributed by atoms with Crippen LogP contribution in [0, 0.1) is 10.5 Å². The van der Waals surface area contributed by atoms with Gasteiger partial charge in [0.25, 0.3) is 5.91 Å². The van der Waals surface area contributed by atoms with E-state index in [1.165, 1.54) is 0 Å². The van der Waals surface area contributed by atoms with Gasteiger partial charge in [-0.2, -0.15) is 5.10 Å². The number of hydrogen-bond acceptors (Lipinski definition) is 3. The minimum atomic E-state index is -0.258. The molecule has 5 nitrogen and oxygen atoms in total. The molecule has 1 heterocycles. The molecule has 0 atom stereocenters. The molecule has 33 heavy (non-hydrogen) atoms. The summed E-state index contributed by atoms with van der Waals surface area (Å²) in [4.78, 5) is 12.5. The summed E-state index contributed by atoms with van der Waals surface area (Å²) >= 11 is 2.22. The second kappa shape index (κ2) is 10.5. The van der Waals surface area contributed by atoms with Crippen LogP contribution in [-0.2, 0) is 0 Å². The fourth-order valence-corrected chi connectivity index (χ4v) is 4.27. The zero-order valence-corrected chi connectivity index (χ0v) is 20.6. The van der Waals surface area contributed by atoms with Crippen molar-refractivity contribution in [2.45, 2.75) is 13.8 Å². The summed E-state index contributed by atoms with van der Waals surface area (Å²) in [6.07, 6.45) is 1.62. The lowest BCUT2D eigenvalue weighted by Crippen LogP contribution is -2.17. The van der Waals surface area contributed by atoms with Crippen LogP contribution >= 0.6 is 22.6 Å². The Morgan fingerprint density at radius 1 is 1.03 bits per heavy atom. The Morgan fingerprint density at radius 2 is 1.79 bits per heavy atom. The fraction of sp³-hybridized carbons (Fsp3) is 0.111. The van der Waals surface area contributed by atoms with Crippen LogP contribution in [0.2, 0.25) is 0 Å². The summed E-state index contributed by atoms with van der Waals surface area (Å²) in [5, 5.41) is 4.10. The fourth-order valence-electron chi connectivity index (χ4n) is 3.58. The van der Waals surface area contributed by atoms with Gasteiger partial charge in [-0.3, -0.25) is 4.79 Å². The molecule has 0 aliphatic heterocycles. The lowest BCUT2D eigenvalue weighted by molar-refractivity contribution is 0.0955. The summed E-state index contributed by atoms with van der Waals surface area (Å²) in [6, 6.07) is 27.8. The topological polar surface area (TPSA) is 55.6 Å². The van der Waals surface area contributed by atoms with E-state index in [1.54, 1.807) is 6.21 Å². The maximum atomic E-state index is 12.5. The van der Waals surface area contributed by atoms with E-state index in [1.807, 2.05) is 67.6 Å². The van der Waals surface area contributed by atoms with Crippen LogP contribution in [-0.4, -0.2) is 23.3 Å². The number of halogens is 1. The van der Waals surface area contributed by atoms with Crippen molar-refractivity contribution in [1.29, 1.82) is 0 Å². The van der Waals surface area contributed by atoms with E-state index in [0.717, 1.165) is 37.5 Å². The second-order valence-corrected chi connectivity index (χ2v) is 8.59. The van der Waals surface area contributed by atoms with Crippen LogP contribution in [0.1, 0.15) is 28.5 Å². The molecule has 4 rings (SSSR count). The highest BCUT2D eigenvalue weighted by atomic mass is 127. The Morgan fingerprint density at radius 3 is 2.48 bits per heavy atom. The first-order chi connectivity index (χ1) is 16.1. The third kappa shape index (κ3) is 5.34. The molecule has 0 radical (unpaired) electrons. The quantitative estimate of drug-likeness (QED) is 0.169. The molecule has 1 aromatic heterocycles. The van der Waals surface area contributed by atoms with Gasteiger partial charge in [0.1, 0.15) is 5.75 Å². The first-order valence-corrected chi connectivity index (χ1v) is 11.7. The summed E-state index contributed by atoms with van der Waals surface area (Å²) in [5.41, 5.74) is 8.41. The predicted octanol–water partition coefficient (Wildman–Crippen LogP) is 6.22. The molecule has 0 aliphatic rings. The SMILES string of the molecule is CCOc1ccc(/C=N/NC(=O)c2ccc(-n3c(C)ccc3-c3ccccc3)cc2)cc1I. The molecule has 3 aromatic carbocycles. The van der Waals surface area contributed by atoms with Crippen LogP contribution in [0.3, 0.4) is 0 Å². The van der Waals surface area contributed by atoms with Crippen molar-refractivity contribution in [2.24, 2.45) is 5.10 Å². The van der Waals surface area contributed by atoms with E-state index in [9.17, 15) is 4.79 Å². The lowest BCUT2D eigenvalue weighted by Gasteiger charge is -2.12. The lowest BCUT2D eigenvalue weighted by atomic mass is 10.1. The van der Waals surface area contributed by atoms with Crippen LogP contribution in [0.5, 0.6) is 5.75 Å². The van der Waals surface area contributed by atoms with Gasteiger partial charge in [-0.05, 0) is 102 Å². The largest absolute Gasteiger partial charge is 0.493 e. The maximum Gasteiger partial charge on any atom is 0.271 e. The number of nitrogens with one attached hydrogen (secondary N) is 1. The molecule has 0 saturated carbocycles. The summed E-state index contributed by atoms with van der Waals surface area (Å²) < 4.78 is 8.72. The standard InChI is InChI=1S/C27H24IN3O2/c1-3-33-26-16-10-20(17-24(26)28)18-29-30-27(32)22-11-13-23(14-12-22)31-19(2)9-15-25(31)21-7-5-4-6-8-21/h4-18H,3H2,1-2H3,(H,30,32)/b29-18+. The third-order valence-electron chi connectivity index (χ3n) is 5.17. The molecule has 6 heteroatoms. The molecule has 4 aromatic rings. The van der Waals surface area contributed by atoms with Gasteiger partial charge in [-0.15, -0.1) is 0 Å². The van der Waals surface area contributed by atoms with Crippen LogP contribution in [0.4, 0.5) is 0 Å². The Balaban J connectivity index is 1.46. The maximum absolute atomic E-state index is 12.5. The average molecular weight is 549 g/mol. The van der Waals surface area contributed by atoms with Crippen molar-refractivity contribution >= 4 is 34.7 Å². The Kier molecular flexibility index (Phi) is 7.24. The summed E-state index contributed by atoms with van der Waals surface area (Å²) in [5.74, 6) is 0.582. The van der Waals surface area contributed by atoms with Gasteiger partial charge in [0.15, 0.2) is 0 Å². The monoisotopic (exact) mass is 549 g/mol. The van der Waals surface area contributed by atoms with Crippen molar-refractivity contribution in [3.63, 3.8) is 0 Å². The van der Waals surface area contributed by atoms with Gasteiger partial charge < -0.3 is 9.30 Å². The number of amides is 1. The summed E-state index contributed by atoms with van der Waals surface area (Å²) in [6.45, 7) is 4.65. The summed E-state index contributed by atoms with van der Waals surface area (Å²) in [7, 11) is 0. The number of aryl methyl sites for hydroxylation is 1. The van der Waals surface area contributed by atoms with Gasteiger partial charge in [-0.1, -0.05) is 30.3 Å². The zero-order valence-electron chi connectivity index (χ0n) is 18.5. The number of rotatable bonds is 7. The van der Waals surface area contributed by atoms with Gasteiger partial charge >= 0.3 is 0 Å². The molecule has 166 valence electrons. The molecule has 0 spiro atoms. The van der Waals surface area contributed by atoms with Crippen LogP contribution in [0.25, 0.3) is 16.9 Å². The van der Waals surface area contributed by atoms with Gasteiger partial charge in [0.2, 0.25) is 0 Å². The number of hydrazone groups is 1. The predicted molar refractivity (Wildman–Crippen MR) is 141 cm³/mol. The van der Waals surface area contributed by atoms with Gasteiger partial charge in [0, 0.05) is 16.9 Å². The zero-order chi connectivity index (χ0) is 23.2. The van der Waals surface area contributed by atoms with Crippen molar-refractivity contribution in [3.05, 3.63) is 105 Å². The van der Waals surface area contributed by atoms with Crippen molar-refractivity contribution in [1.82, 2.24) is 9.99 Å². The number of nitrogens with zero attached hydrogens (tertiary/aromatic N) is 2. The normalized spacial score (nSPS) is 11.0. The Bertz CT molecular complexity index is 1280. The molecule has 0 aliphatic carbocycles. The van der Waals surface area contributed by atoms with E-state index >= 15 is 0 Å². The highest BCUT2D eigenvalue weighted by molar-refractivity contribution is 14.1. The number of carbonyl (C=O) groups excluding carboxylic acids is 1. The van der Waals surface area contributed by atoms with E-state index in [2.05, 4.69) is 68.9 Å². The first-order valence-electron chi connectivity index (χ1n) is 10.7. The molecule has 0 bridgehead atoms. The Labute approximate surface area is 207 Å². The molecule has 0 unspecified atom stereocenters. The second-order valence-electron chi connectivity index (χ2n) is 7.43. The molecule has 1 N–H and O–H groups in total. The smallest absolute Gasteiger partial charge is 0.271 e. The average Bonchev–Trinajstić information content (AvgIpc) is 3.23. The molecule has 0 saturated heterocycles. The molecule has 1 amide bonds. The van der Waals surface area contributed by atoms with Crippen LogP contribution < -0.4 is 10.2 Å². The van der Waals surface area contributed by atoms with E-state index in [-0.39, 0.29) is 5.91 Å². The number of benzene rings is 3. The van der Waals surface area contributed by atoms with Gasteiger partial charge in [-0.25, -0.2) is 5.43 Å². The first kappa shape index (κ1) is 22.8. The number of ether oxygens (including phenoxy) is 1. The minimum Gasteiger partial charge on any atom is -0.493 e. The minimum absolute atomic E-state index is 0.258. The number of aromatic nitrogens is 1. The van der Waals surface area contributed by atoms with Crippen molar-refractivity contribution < 1.29 is 9.53 Å². The molecular formula is C27H24IN3O2. The van der Waals surface area contributed by atoms with E-state index in [4.69, 9.17) is 4.74 Å². The number of carbonyl (C=O) groups is 1. The van der Waals surface area contributed by atoms with Gasteiger partial charge in [0.05, 0.1) is 22.1 Å². The van der Waals surface area contributed by atoms with E-state index in [0.29, 0.717) is 12.2 Å². The highest BCUT2D eigenvalue weighted by Gasteiger charge is 2.11. The highest BCUT2D eigenvalue weighted by Crippen LogP contribution is 2.26. The number of hydrogen-bond donors (Lipinski definition) is 1. The third-order valence-corrected chi connectivity index (χ3v) is 6.01. The van der Waals surface area contributed by atoms with Crippen molar-refractivity contribution in [2.75, 3.05) is 6.61 Å². The molecule has 0 fully saturated rings. The van der Waals surface area contributed by atoms with E-state index < -0.39 is 0 Å². The Hall–Kier alpha value is -3.39.